The lowest BCUT2D eigenvalue weighted by molar-refractivity contribution is -0.114. The van der Waals surface area contributed by atoms with Gasteiger partial charge in [0.2, 0.25) is 0 Å². The number of fused-ring (bicyclic) bond motifs is 3. The largest absolute Gasteiger partial charge is 0.465 e. The first-order valence-electron chi connectivity index (χ1n) is 10.5. The maximum Gasteiger partial charge on any atom is 0.338 e. The highest BCUT2D eigenvalue weighted by atomic mass is 16.5. The van der Waals surface area contributed by atoms with Gasteiger partial charge in [-0.05, 0) is 58.9 Å². The Labute approximate surface area is 187 Å². The van der Waals surface area contributed by atoms with Crippen LogP contribution in [0.25, 0.3) is 34.2 Å². The second-order valence-corrected chi connectivity index (χ2v) is 8.10. The minimum absolute atomic E-state index is 0.335. The second-order valence-electron chi connectivity index (χ2n) is 8.10. The van der Waals surface area contributed by atoms with Gasteiger partial charge in [0.15, 0.2) is 0 Å². The Morgan fingerprint density at radius 1 is 1.03 bits per heavy atom. The summed E-state index contributed by atoms with van der Waals surface area (Å²) < 4.78 is 4.96. The molecular weight excluding hydrogens is 402 g/mol. The first kappa shape index (κ1) is 21.7. The van der Waals surface area contributed by atoms with E-state index >= 15 is 0 Å². The number of methoxy groups -OCH3 is 1. The lowest BCUT2D eigenvalue weighted by Gasteiger charge is -2.12. The molecule has 0 atom stereocenters. The van der Waals surface area contributed by atoms with Crippen molar-refractivity contribution in [2.45, 2.75) is 6.54 Å². The predicted molar refractivity (Wildman–Crippen MR) is 126 cm³/mol. The zero-order valence-corrected chi connectivity index (χ0v) is 18.5. The molecule has 1 aliphatic heterocycles. The van der Waals surface area contributed by atoms with E-state index in [1.165, 1.54) is 18.7 Å². The summed E-state index contributed by atoms with van der Waals surface area (Å²) in [7, 11) is 5.48. The number of nitrogens with zero attached hydrogens (tertiary/aromatic N) is 2. The number of carbonyl (C=O) groups excluding carboxylic acids is 2. The van der Waals surface area contributed by atoms with Crippen LogP contribution in [0.2, 0.25) is 0 Å². The molecule has 4 rings (SSSR count). The molecule has 0 saturated carbocycles. The quantitative estimate of drug-likeness (QED) is 0.457. The zero-order chi connectivity index (χ0) is 22.7. The summed E-state index contributed by atoms with van der Waals surface area (Å²) in [6.45, 7) is 2.76. The topological polar surface area (TPSA) is 72.7 Å². The summed E-state index contributed by atoms with van der Waals surface area (Å²) in [5.74, 6) is -0.765. The van der Waals surface area contributed by atoms with E-state index in [4.69, 9.17) is 4.74 Å². The average molecular weight is 429 g/mol. The fraction of sp³-hybridized carbons (Fsp3) is 0.231. The van der Waals surface area contributed by atoms with Crippen LogP contribution < -0.4 is 21.1 Å². The lowest BCUT2D eigenvalue weighted by atomic mass is 9.95. The van der Waals surface area contributed by atoms with Crippen LogP contribution in [0.4, 0.5) is 0 Å². The molecule has 1 heterocycles. The van der Waals surface area contributed by atoms with Gasteiger partial charge in [-0.15, -0.1) is 0 Å². The molecule has 1 N–H and O–H groups in total. The summed E-state index contributed by atoms with van der Waals surface area (Å²) in [5.41, 5.74) is 3.76. The van der Waals surface area contributed by atoms with E-state index in [1.54, 1.807) is 12.3 Å². The molecule has 1 amide bonds. The Morgan fingerprint density at radius 2 is 1.78 bits per heavy atom. The van der Waals surface area contributed by atoms with E-state index in [9.17, 15) is 9.59 Å². The van der Waals surface area contributed by atoms with Gasteiger partial charge < -0.3 is 15.0 Å². The van der Waals surface area contributed by atoms with Gasteiger partial charge in [-0.25, -0.2) is 10.1 Å². The van der Waals surface area contributed by atoms with Gasteiger partial charge in [0.1, 0.15) is 0 Å². The number of rotatable bonds is 7. The number of likely N-dealkylation sites (N-methyl/N-ethyl adjacent to an activating group) is 1. The summed E-state index contributed by atoms with van der Waals surface area (Å²) in [5, 5.41) is 10.5. The smallest absolute Gasteiger partial charge is 0.338 e. The standard InChI is InChI=1S/C26H26N3O3/c1-29(2)11-10-27-15-17-4-6-18(7-5-17)19-8-9-21-22(12-19)24-16-28-25(30)14-20(24)13-23(21)26(31)32-3/h4-9,12-14,16,27H,10-11,15H2,1-3H3. The molecule has 6 heteroatoms. The predicted octanol–water partition coefficient (Wildman–Crippen LogP) is 1.61. The Hall–Kier alpha value is -3.48. The number of esters is 1. The molecule has 0 aliphatic carbocycles. The average Bonchev–Trinajstić information content (AvgIpc) is 2.80. The Kier molecular flexibility index (Phi) is 6.35. The SMILES string of the molecule is COC(=O)c1cc2c(c3cc(-c4ccc(CNCCN(C)C)cc4)ccc13)=C[N]C(=O)C=2. The maximum absolute atomic E-state index is 12.4. The molecule has 1 radical (unpaired) electrons. The third-order valence-corrected chi connectivity index (χ3v) is 5.57. The van der Waals surface area contributed by atoms with E-state index in [1.807, 2.05) is 18.2 Å². The van der Waals surface area contributed by atoms with Crippen LogP contribution in [0.15, 0.2) is 48.5 Å². The molecule has 0 unspecified atom stereocenters. The first-order valence-corrected chi connectivity index (χ1v) is 10.5. The van der Waals surface area contributed by atoms with Crippen molar-refractivity contribution in [2.24, 2.45) is 0 Å². The number of benzene rings is 3. The summed E-state index contributed by atoms with van der Waals surface area (Å²) >= 11 is 0. The lowest BCUT2D eigenvalue weighted by Crippen LogP contribution is -2.34. The van der Waals surface area contributed by atoms with Crippen molar-refractivity contribution < 1.29 is 14.3 Å². The monoisotopic (exact) mass is 428 g/mol. The van der Waals surface area contributed by atoms with E-state index in [0.29, 0.717) is 10.8 Å². The van der Waals surface area contributed by atoms with Crippen LogP contribution in [0, 0.1) is 0 Å². The Bertz CT molecular complexity index is 1290. The number of nitrogens with one attached hydrogen (secondary N) is 1. The number of hydrogen-bond donors (Lipinski definition) is 1. The molecule has 0 aromatic heterocycles. The fourth-order valence-corrected chi connectivity index (χ4v) is 3.84. The van der Waals surface area contributed by atoms with Crippen LogP contribution in [0.5, 0.6) is 0 Å². The van der Waals surface area contributed by atoms with Crippen LogP contribution in [-0.2, 0) is 16.1 Å². The van der Waals surface area contributed by atoms with E-state index in [0.717, 1.165) is 46.8 Å². The van der Waals surface area contributed by atoms with E-state index in [-0.39, 0.29) is 5.91 Å². The number of amides is 1. The Morgan fingerprint density at radius 3 is 2.50 bits per heavy atom. The zero-order valence-electron chi connectivity index (χ0n) is 18.5. The van der Waals surface area contributed by atoms with Crippen molar-refractivity contribution in [3.8, 4) is 11.1 Å². The van der Waals surface area contributed by atoms with Crippen molar-refractivity contribution in [1.82, 2.24) is 15.5 Å². The molecule has 6 nitrogen and oxygen atoms in total. The van der Waals surface area contributed by atoms with Crippen LogP contribution >= 0.6 is 0 Å². The maximum atomic E-state index is 12.4. The molecule has 163 valence electrons. The molecular formula is C26H26N3O3. The molecule has 32 heavy (non-hydrogen) atoms. The molecule has 3 aromatic carbocycles. The van der Waals surface area contributed by atoms with Crippen LogP contribution in [0.1, 0.15) is 15.9 Å². The minimum atomic E-state index is -0.431. The van der Waals surface area contributed by atoms with Crippen molar-refractivity contribution in [2.75, 3.05) is 34.3 Å². The minimum Gasteiger partial charge on any atom is -0.465 e. The second kappa shape index (κ2) is 9.34. The van der Waals surface area contributed by atoms with Crippen molar-refractivity contribution in [1.29, 1.82) is 0 Å². The van der Waals surface area contributed by atoms with Gasteiger partial charge in [0, 0.05) is 37.1 Å². The Balaban J connectivity index is 1.70. The number of hydrogen-bond acceptors (Lipinski definition) is 5. The van der Waals surface area contributed by atoms with Gasteiger partial charge >= 0.3 is 5.97 Å². The number of ether oxygens (including phenoxy) is 1. The van der Waals surface area contributed by atoms with Gasteiger partial charge in [0.25, 0.3) is 5.91 Å². The van der Waals surface area contributed by atoms with Crippen molar-refractivity contribution in [3.05, 3.63) is 70.1 Å². The highest BCUT2D eigenvalue weighted by Crippen LogP contribution is 2.25. The van der Waals surface area contributed by atoms with E-state index < -0.39 is 5.97 Å². The van der Waals surface area contributed by atoms with Crippen LogP contribution in [0.3, 0.4) is 0 Å². The molecule has 0 spiro atoms. The van der Waals surface area contributed by atoms with Gasteiger partial charge in [-0.1, -0.05) is 36.4 Å². The van der Waals surface area contributed by atoms with Gasteiger partial charge in [0.05, 0.1) is 12.7 Å². The molecule has 0 fully saturated rings. The molecule has 0 bridgehead atoms. The highest BCUT2D eigenvalue weighted by Gasteiger charge is 2.15. The number of carbonyl (C=O) groups is 2. The molecule has 1 aliphatic rings. The first-order chi connectivity index (χ1) is 15.5. The normalized spacial score (nSPS) is 12.7. The van der Waals surface area contributed by atoms with Crippen molar-refractivity contribution in [3.63, 3.8) is 0 Å². The third kappa shape index (κ3) is 4.56. The fourth-order valence-electron chi connectivity index (χ4n) is 3.84. The molecule has 0 saturated heterocycles. The molecule has 3 aromatic rings. The van der Waals surface area contributed by atoms with Gasteiger partial charge in [-0.2, -0.15) is 0 Å². The van der Waals surface area contributed by atoms with Gasteiger partial charge in [-0.3, -0.25) is 4.79 Å². The van der Waals surface area contributed by atoms with E-state index in [2.05, 4.69) is 53.9 Å². The summed E-state index contributed by atoms with van der Waals surface area (Å²) in [6.07, 6.45) is 3.03. The third-order valence-electron chi connectivity index (χ3n) is 5.57. The summed E-state index contributed by atoms with van der Waals surface area (Å²) in [4.78, 5) is 26.3. The van der Waals surface area contributed by atoms with Crippen LogP contribution in [-0.4, -0.2) is 51.1 Å². The summed E-state index contributed by atoms with van der Waals surface area (Å²) in [6, 6.07) is 16.1. The highest BCUT2D eigenvalue weighted by molar-refractivity contribution is 6.10. The van der Waals surface area contributed by atoms with Crippen molar-refractivity contribution >= 4 is 34.9 Å².